The molecule has 0 bridgehead atoms. The van der Waals surface area contributed by atoms with Crippen molar-refractivity contribution in [1.82, 2.24) is 9.88 Å². The highest BCUT2D eigenvalue weighted by atomic mass is 35.5. The first-order chi connectivity index (χ1) is 8.16. The molecule has 1 aromatic heterocycles. The third-order valence-corrected chi connectivity index (χ3v) is 2.84. The van der Waals surface area contributed by atoms with Crippen LogP contribution in [0.5, 0.6) is 0 Å². The number of benzene rings is 1. The molecule has 0 atom stereocenters. The molecular weight excluding hydrogens is 236 g/mol. The Morgan fingerprint density at radius 3 is 2.59 bits per heavy atom. The lowest BCUT2D eigenvalue weighted by atomic mass is 10.2. The predicted molar refractivity (Wildman–Crippen MR) is 68.0 cm³/mol. The zero-order chi connectivity index (χ0) is 12.3. The van der Waals surface area contributed by atoms with E-state index in [2.05, 4.69) is 5.32 Å². The van der Waals surface area contributed by atoms with Gasteiger partial charge in [-0.15, -0.1) is 0 Å². The van der Waals surface area contributed by atoms with Gasteiger partial charge in [-0.25, -0.2) is 0 Å². The minimum atomic E-state index is -0.0946. The van der Waals surface area contributed by atoms with Crippen molar-refractivity contribution in [1.29, 1.82) is 0 Å². The molecule has 1 N–H and O–H groups in total. The van der Waals surface area contributed by atoms with Gasteiger partial charge in [-0.3, -0.25) is 4.79 Å². The molecule has 0 fully saturated rings. The quantitative estimate of drug-likeness (QED) is 0.890. The Bertz CT molecular complexity index is 516. The summed E-state index contributed by atoms with van der Waals surface area (Å²) in [5.74, 6) is -0.0946. The average molecular weight is 249 g/mol. The Morgan fingerprint density at radius 1 is 1.29 bits per heavy atom. The van der Waals surface area contributed by atoms with Crippen LogP contribution in [-0.2, 0) is 13.6 Å². The normalized spacial score (nSPS) is 10.2. The van der Waals surface area contributed by atoms with E-state index in [4.69, 9.17) is 11.6 Å². The molecule has 0 aliphatic carbocycles. The first-order valence-electron chi connectivity index (χ1n) is 5.31. The molecule has 0 saturated carbocycles. The Balaban J connectivity index is 1.98. The van der Waals surface area contributed by atoms with Crippen LogP contribution in [0.1, 0.15) is 16.1 Å². The zero-order valence-electron chi connectivity index (χ0n) is 9.48. The summed E-state index contributed by atoms with van der Waals surface area (Å²) in [6.07, 6.45) is 1.95. The van der Waals surface area contributed by atoms with Gasteiger partial charge in [-0.2, -0.15) is 0 Å². The molecule has 0 unspecified atom stereocenters. The van der Waals surface area contributed by atoms with Crippen molar-refractivity contribution in [2.24, 2.45) is 7.05 Å². The fourth-order valence-electron chi connectivity index (χ4n) is 1.55. The number of nitrogens with zero attached hydrogens (tertiary/aromatic N) is 1. The molecule has 4 heteroatoms. The summed E-state index contributed by atoms with van der Waals surface area (Å²) in [5.41, 5.74) is 1.68. The fraction of sp³-hybridized carbons (Fsp3) is 0.154. The van der Waals surface area contributed by atoms with Crippen LogP contribution in [-0.4, -0.2) is 10.5 Å². The molecular formula is C13H13ClN2O. The van der Waals surface area contributed by atoms with Gasteiger partial charge in [0.1, 0.15) is 0 Å². The molecule has 1 amide bonds. The molecule has 1 aromatic carbocycles. The number of rotatable bonds is 3. The van der Waals surface area contributed by atoms with E-state index in [1.807, 2.05) is 29.9 Å². The first kappa shape index (κ1) is 11.7. The lowest BCUT2D eigenvalue weighted by molar-refractivity contribution is 0.0950. The van der Waals surface area contributed by atoms with Gasteiger partial charge in [0.25, 0.3) is 5.91 Å². The van der Waals surface area contributed by atoms with Gasteiger partial charge >= 0.3 is 0 Å². The molecule has 0 spiro atoms. The molecule has 0 aliphatic rings. The van der Waals surface area contributed by atoms with Crippen LogP contribution in [0, 0.1) is 0 Å². The van der Waals surface area contributed by atoms with E-state index in [-0.39, 0.29) is 5.91 Å². The fourth-order valence-corrected chi connectivity index (χ4v) is 1.68. The maximum atomic E-state index is 11.8. The van der Waals surface area contributed by atoms with Crippen LogP contribution >= 0.6 is 11.6 Å². The molecule has 17 heavy (non-hydrogen) atoms. The van der Waals surface area contributed by atoms with E-state index in [0.717, 1.165) is 5.69 Å². The molecule has 1 heterocycles. The number of halogens is 1. The Kier molecular flexibility index (Phi) is 3.49. The third kappa shape index (κ3) is 2.88. The molecule has 88 valence electrons. The Hall–Kier alpha value is -1.74. The van der Waals surface area contributed by atoms with Gasteiger partial charge in [-0.05, 0) is 36.4 Å². The Morgan fingerprint density at radius 2 is 2.00 bits per heavy atom. The summed E-state index contributed by atoms with van der Waals surface area (Å²) in [5, 5.41) is 3.49. The van der Waals surface area contributed by atoms with Crippen molar-refractivity contribution < 1.29 is 4.79 Å². The topological polar surface area (TPSA) is 34.0 Å². The van der Waals surface area contributed by atoms with Crippen molar-refractivity contribution in [3.8, 4) is 0 Å². The van der Waals surface area contributed by atoms with Crippen LogP contribution in [0.15, 0.2) is 42.6 Å². The van der Waals surface area contributed by atoms with E-state index < -0.39 is 0 Å². The van der Waals surface area contributed by atoms with Gasteiger partial charge < -0.3 is 9.88 Å². The Labute approximate surface area is 105 Å². The summed E-state index contributed by atoms with van der Waals surface area (Å²) in [7, 11) is 1.95. The van der Waals surface area contributed by atoms with Crippen LogP contribution in [0.25, 0.3) is 0 Å². The number of amides is 1. The van der Waals surface area contributed by atoms with Gasteiger partial charge in [-0.1, -0.05) is 11.6 Å². The molecule has 2 rings (SSSR count). The van der Waals surface area contributed by atoms with Gasteiger partial charge in [0, 0.05) is 29.5 Å². The third-order valence-electron chi connectivity index (χ3n) is 2.59. The lowest BCUT2D eigenvalue weighted by Gasteiger charge is -2.06. The van der Waals surface area contributed by atoms with E-state index in [0.29, 0.717) is 17.1 Å². The van der Waals surface area contributed by atoms with Crippen LogP contribution in [0.2, 0.25) is 5.02 Å². The van der Waals surface area contributed by atoms with Crippen LogP contribution < -0.4 is 5.32 Å². The van der Waals surface area contributed by atoms with Crippen molar-refractivity contribution in [3.05, 3.63) is 58.9 Å². The minimum absolute atomic E-state index is 0.0946. The zero-order valence-corrected chi connectivity index (χ0v) is 10.2. The highest BCUT2D eigenvalue weighted by Gasteiger charge is 2.05. The highest BCUT2D eigenvalue weighted by Crippen LogP contribution is 2.09. The lowest BCUT2D eigenvalue weighted by Crippen LogP contribution is -2.23. The molecule has 2 aromatic rings. The second kappa shape index (κ2) is 5.06. The molecule has 0 saturated heterocycles. The second-order valence-electron chi connectivity index (χ2n) is 3.80. The van der Waals surface area contributed by atoms with Gasteiger partial charge in [0.05, 0.1) is 6.54 Å². The van der Waals surface area contributed by atoms with Gasteiger partial charge in [0.15, 0.2) is 0 Å². The van der Waals surface area contributed by atoms with Crippen LogP contribution in [0.4, 0.5) is 0 Å². The molecule has 0 aliphatic heterocycles. The number of nitrogens with one attached hydrogen (secondary N) is 1. The monoisotopic (exact) mass is 248 g/mol. The summed E-state index contributed by atoms with van der Waals surface area (Å²) >= 11 is 5.76. The number of aryl methyl sites for hydroxylation is 1. The number of hydrogen-bond acceptors (Lipinski definition) is 1. The van der Waals surface area contributed by atoms with E-state index in [1.165, 1.54) is 0 Å². The summed E-state index contributed by atoms with van der Waals surface area (Å²) in [4.78, 5) is 11.8. The van der Waals surface area contributed by atoms with E-state index >= 15 is 0 Å². The standard InChI is InChI=1S/C13H13ClN2O/c1-16-8-2-3-12(16)9-15-13(17)10-4-6-11(14)7-5-10/h2-8H,9H2,1H3,(H,15,17). The second-order valence-corrected chi connectivity index (χ2v) is 4.24. The van der Waals surface area contributed by atoms with Gasteiger partial charge in [0.2, 0.25) is 0 Å². The first-order valence-corrected chi connectivity index (χ1v) is 5.68. The van der Waals surface area contributed by atoms with Crippen molar-refractivity contribution >= 4 is 17.5 Å². The number of carbonyl (C=O) groups excluding carboxylic acids is 1. The van der Waals surface area contributed by atoms with E-state index in [9.17, 15) is 4.79 Å². The molecule has 0 radical (unpaired) electrons. The van der Waals surface area contributed by atoms with Crippen molar-refractivity contribution in [2.45, 2.75) is 6.54 Å². The number of hydrogen-bond donors (Lipinski definition) is 1. The summed E-state index contributed by atoms with van der Waals surface area (Å²) in [6, 6.07) is 10.8. The maximum Gasteiger partial charge on any atom is 0.251 e. The summed E-state index contributed by atoms with van der Waals surface area (Å²) < 4.78 is 1.97. The minimum Gasteiger partial charge on any atom is -0.353 e. The SMILES string of the molecule is Cn1cccc1CNC(=O)c1ccc(Cl)cc1. The smallest absolute Gasteiger partial charge is 0.251 e. The average Bonchev–Trinajstić information content (AvgIpc) is 2.73. The van der Waals surface area contributed by atoms with Crippen molar-refractivity contribution in [2.75, 3.05) is 0 Å². The predicted octanol–water partition coefficient (Wildman–Crippen LogP) is 2.61. The highest BCUT2D eigenvalue weighted by molar-refractivity contribution is 6.30. The molecule has 3 nitrogen and oxygen atoms in total. The number of aromatic nitrogens is 1. The maximum absolute atomic E-state index is 11.8. The van der Waals surface area contributed by atoms with E-state index in [1.54, 1.807) is 24.3 Å². The number of carbonyl (C=O) groups is 1. The van der Waals surface area contributed by atoms with Crippen LogP contribution in [0.3, 0.4) is 0 Å². The van der Waals surface area contributed by atoms with Crippen molar-refractivity contribution in [3.63, 3.8) is 0 Å². The largest absolute Gasteiger partial charge is 0.353 e. The summed E-state index contributed by atoms with van der Waals surface area (Å²) in [6.45, 7) is 0.519.